The number of aromatic nitrogens is 2. The van der Waals surface area contributed by atoms with E-state index in [4.69, 9.17) is 5.11 Å². The first-order chi connectivity index (χ1) is 15.4. The number of aryl methyl sites for hydroxylation is 2. The first-order valence-electron chi connectivity index (χ1n) is 10.7. The van der Waals surface area contributed by atoms with Gasteiger partial charge in [-0.3, -0.25) is 19.4 Å². The smallest absolute Gasteiger partial charge is 0.303 e. The average Bonchev–Trinajstić information content (AvgIpc) is 3.28. The Morgan fingerprint density at radius 2 is 1.84 bits per heavy atom. The van der Waals surface area contributed by atoms with Crippen LogP contribution in [0.1, 0.15) is 35.2 Å². The molecule has 166 valence electrons. The van der Waals surface area contributed by atoms with Crippen molar-refractivity contribution in [3.8, 4) is 5.75 Å². The fourth-order valence-corrected chi connectivity index (χ4v) is 4.29. The lowest BCUT2D eigenvalue weighted by atomic mass is 9.95. The maximum Gasteiger partial charge on any atom is 0.303 e. The van der Waals surface area contributed by atoms with Crippen molar-refractivity contribution in [3.63, 3.8) is 0 Å². The summed E-state index contributed by atoms with van der Waals surface area (Å²) in [5.41, 5.74) is 4.19. The molecule has 0 atom stereocenters. The zero-order valence-corrected chi connectivity index (χ0v) is 17.9. The molecule has 1 heterocycles. The van der Waals surface area contributed by atoms with Gasteiger partial charge in [0.05, 0.1) is 5.69 Å². The predicted molar refractivity (Wildman–Crippen MR) is 120 cm³/mol. The van der Waals surface area contributed by atoms with Crippen LogP contribution in [0.25, 0.3) is 0 Å². The number of phenols is 1. The Balaban J connectivity index is 1.48. The van der Waals surface area contributed by atoms with E-state index in [0.29, 0.717) is 23.7 Å². The Labute approximate surface area is 185 Å². The van der Waals surface area contributed by atoms with Crippen molar-refractivity contribution >= 4 is 17.3 Å². The Hall–Kier alpha value is -3.68. The van der Waals surface area contributed by atoms with Gasteiger partial charge in [-0.2, -0.15) is 0 Å². The van der Waals surface area contributed by atoms with Gasteiger partial charge < -0.3 is 10.2 Å². The summed E-state index contributed by atoms with van der Waals surface area (Å²) in [4.78, 5) is 23.2. The number of H-pyrrole nitrogens is 1. The molecule has 8 heteroatoms. The van der Waals surface area contributed by atoms with Gasteiger partial charge in [-0.15, -0.1) is 10.2 Å². The number of rotatable bonds is 8. The highest BCUT2D eigenvalue weighted by atomic mass is 16.4. The van der Waals surface area contributed by atoms with Gasteiger partial charge in [0, 0.05) is 13.0 Å². The highest BCUT2D eigenvalue weighted by molar-refractivity contribution is 5.66. The number of benzene rings is 2. The number of nitrogens with one attached hydrogen (secondary N) is 1. The topological polar surface area (TPSA) is 120 Å². The lowest BCUT2D eigenvalue weighted by Crippen LogP contribution is -2.17. The van der Waals surface area contributed by atoms with Crippen LogP contribution in [0.15, 0.2) is 57.5 Å². The van der Waals surface area contributed by atoms with Gasteiger partial charge in [-0.05, 0) is 61.3 Å². The van der Waals surface area contributed by atoms with Gasteiger partial charge >= 0.3 is 5.97 Å². The SMILES string of the molecule is Cc1[nH]n(CCCC(=O)O)c(=O)c1N=Nc1cccc(CC2Cc3ccccc3C2)c1O. The number of hydrogen-bond donors (Lipinski definition) is 3. The molecule has 1 aliphatic rings. The lowest BCUT2D eigenvalue weighted by Gasteiger charge is -2.11. The van der Waals surface area contributed by atoms with Crippen molar-refractivity contribution in [1.82, 2.24) is 9.78 Å². The van der Waals surface area contributed by atoms with Crippen LogP contribution in [0.5, 0.6) is 5.75 Å². The third kappa shape index (κ3) is 4.64. The maximum atomic E-state index is 12.5. The van der Waals surface area contributed by atoms with Gasteiger partial charge in [0.25, 0.3) is 5.56 Å². The molecule has 0 bridgehead atoms. The van der Waals surface area contributed by atoms with E-state index in [1.54, 1.807) is 13.0 Å². The molecule has 0 unspecified atom stereocenters. The minimum absolute atomic E-state index is 0.0197. The molecule has 1 aromatic heterocycles. The molecule has 0 radical (unpaired) electrons. The molecule has 8 nitrogen and oxygen atoms in total. The quantitative estimate of drug-likeness (QED) is 0.454. The number of fused-ring (bicyclic) bond motifs is 1. The van der Waals surface area contributed by atoms with Crippen molar-refractivity contribution in [1.29, 1.82) is 0 Å². The highest BCUT2D eigenvalue weighted by Crippen LogP contribution is 2.36. The van der Waals surface area contributed by atoms with E-state index in [1.165, 1.54) is 15.8 Å². The fraction of sp³-hybridized carbons (Fsp3) is 0.333. The van der Waals surface area contributed by atoms with Gasteiger partial charge in [0.2, 0.25) is 0 Å². The summed E-state index contributed by atoms with van der Waals surface area (Å²) in [6, 6.07) is 13.8. The van der Waals surface area contributed by atoms with E-state index < -0.39 is 5.97 Å². The van der Waals surface area contributed by atoms with Crippen molar-refractivity contribution in [2.24, 2.45) is 16.1 Å². The van der Waals surface area contributed by atoms with Crippen molar-refractivity contribution in [2.45, 2.75) is 45.6 Å². The number of aromatic hydroxyl groups is 1. The zero-order valence-electron chi connectivity index (χ0n) is 17.9. The van der Waals surface area contributed by atoms with E-state index in [9.17, 15) is 14.7 Å². The molecule has 0 saturated heterocycles. The minimum atomic E-state index is -0.905. The predicted octanol–water partition coefficient (Wildman–Crippen LogP) is 4.43. The Bertz CT molecular complexity index is 1200. The van der Waals surface area contributed by atoms with Crippen LogP contribution in [0.2, 0.25) is 0 Å². The average molecular weight is 434 g/mol. The van der Waals surface area contributed by atoms with Crippen LogP contribution in [0.3, 0.4) is 0 Å². The summed E-state index contributed by atoms with van der Waals surface area (Å²) >= 11 is 0. The summed E-state index contributed by atoms with van der Waals surface area (Å²) < 4.78 is 1.33. The minimum Gasteiger partial charge on any atom is -0.505 e. The molecule has 3 aromatic rings. The first-order valence-corrected chi connectivity index (χ1v) is 10.7. The van der Waals surface area contributed by atoms with Gasteiger partial charge in [-0.1, -0.05) is 36.4 Å². The summed E-state index contributed by atoms with van der Waals surface area (Å²) in [7, 11) is 0. The van der Waals surface area contributed by atoms with Crippen LogP contribution in [0, 0.1) is 12.8 Å². The zero-order chi connectivity index (χ0) is 22.7. The summed E-state index contributed by atoms with van der Waals surface area (Å²) in [6.45, 7) is 1.96. The van der Waals surface area contributed by atoms with Crippen LogP contribution in [0.4, 0.5) is 11.4 Å². The largest absolute Gasteiger partial charge is 0.505 e. The molecule has 3 N–H and O–H groups in total. The number of carbonyl (C=O) groups is 1. The second kappa shape index (κ2) is 9.21. The number of aliphatic carboxylic acids is 1. The molecule has 0 aliphatic heterocycles. The van der Waals surface area contributed by atoms with E-state index in [1.807, 2.05) is 12.1 Å². The molecule has 0 amide bonds. The molecule has 0 spiro atoms. The van der Waals surface area contributed by atoms with Gasteiger partial charge in [0.15, 0.2) is 5.69 Å². The Kier molecular flexibility index (Phi) is 6.20. The van der Waals surface area contributed by atoms with Crippen molar-refractivity contribution in [3.05, 3.63) is 75.2 Å². The van der Waals surface area contributed by atoms with E-state index >= 15 is 0 Å². The fourth-order valence-electron chi connectivity index (χ4n) is 4.29. The van der Waals surface area contributed by atoms with E-state index in [0.717, 1.165) is 24.8 Å². The number of carboxylic acids is 1. The number of para-hydroxylation sites is 1. The maximum absolute atomic E-state index is 12.5. The molecule has 1 aliphatic carbocycles. The standard InChI is InChI=1S/C24H26N4O4/c1-15-22(24(32)28(27-15)11-5-10-21(29)30)26-25-20-9-4-8-19(23(20)31)14-16-12-17-6-2-3-7-18(17)13-16/h2-4,6-9,16,27,31H,5,10-14H2,1H3,(H,29,30). The molecular formula is C24H26N4O4. The second-order valence-electron chi connectivity index (χ2n) is 8.27. The Morgan fingerprint density at radius 1 is 1.12 bits per heavy atom. The van der Waals surface area contributed by atoms with Crippen LogP contribution in [-0.2, 0) is 30.6 Å². The van der Waals surface area contributed by atoms with E-state index in [-0.39, 0.29) is 30.0 Å². The van der Waals surface area contributed by atoms with Crippen LogP contribution >= 0.6 is 0 Å². The molecule has 0 saturated carbocycles. The summed E-state index contributed by atoms with van der Waals surface area (Å²) in [6.07, 6.45) is 3.04. The summed E-state index contributed by atoms with van der Waals surface area (Å²) in [5.74, 6) is -0.393. The summed E-state index contributed by atoms with van der Waals surface area (Å²) in [5, 5.41) is 30.6. The number of aromatic amines is 1. The third-order valence-corrected chi connectivity index (χ3v) is 5.88. The highest BCUT2D eigenvalue weighted by Gasteiger charge is 2.22. The number of azo groups is 1. The number of phenolic OH excluding ortho intramolecular Hbond substituents is 1. The van der Waals surface area contributed by atoms with Crippen molar-refractivity contribution in [2.75, 3.05) is 0 Å². The lowest BCUT2D eigenvalue weighted by molar-refractivity contribution is -0.137. The van der Waals surface area contributed by atoms with E-state index in [2.05, 4.69) is 39.6 Å². The normalized spacial score (nSPS) is 13.7. The van der Waals surface area contributed by atoms with Gasteiger partial charge in [0.1, 0.15) is 11.4 Å². The molecule has 0 fully saturated rings. The molecule has 32 heavy (non-hydrogen) atoms. The number of nitrogens with zero attached hydrogens (tertiary/aromatic N) is 3. The van der Waals surface area contributed by atoms with Crippen LogP contribution in [-0.4, -0.2) is 26.0 Å². The first kappa shape index (κ1) is 21.5. The van der Waals surface area contributed by atoms with Gasteiger partial charge in [-0.25, -0.2) is 0 Å². The number of carboxylic acid groups (broad SMARTS) is 1. The number of hydrogen-bond acceptors (Lipinski definition) is 5. The Morgan fingerprint density at radius 3 is 2.53 bits per heavy atom. The molecule has 4 rings (SSSR count). The second-order valence-corrected chi connectivity index (χ2v) is 8.27. The molecular weight excluding hydrogens is 408 g/mol. The van der Waals surface area contributed by atoms with Crippen molar-refractivity contribution < 1.29 is 15.0 Å². The third-order valence-electron chi connectivity index (χ3n) is 5.88. The molecule has 2 aromatic carbocycles. The monoisotopic (exact) mass is 434 g/mol. The van der Waals surface area contributed by atoms with Crippen LogP contribution < -0.4 is 5.56 Å².